The van der Waals surface area contributed by atoms with E-state index >= 15 is 0 Å². The van der Waals surface area contributed by atoms with Crippen molar-refractivity contribution in [2.45, 2.75) is 37.6 Å². The number of hydrogen-bond acceptors (Lipinski definition) is 7. The summed E-state index contributed by atoms with van der Waals surface area (Å²) < 4.78 is 1.33. The lowest BCUT2D eigenvalue weighted by Gasteiger charge is -2.09. The number of aliphatic carboxylic acids is 2. The van der Waals surface area contributed by atoms with Crippen LogP contribution in [-0.4, -0.2) is 42.3 Å². The average Bonchev–Trinajstić information content (AvgIpc) is 3.19. The number of thioether (sulfide) groups is 1. The van der Waals surface area contributed by atoms with Crippen molar-refractivity contribution in [3.8, 4) is 0 Å². The lowest BCUT2D eigenvalue weighted by atomic mass is 10.1. The van der Waals surface area contributed by atoms with E-state index in [-0.39, 0.29) is 16.3 Å². The van der Waals surface area contributed by atoms with Crippen molar-refractivity contribution in [1.82, 2.24) is 14.4 Å². The Balaban J connectivity index is 1.92. The van der Waals surface area contributed by atoms with E-state index < -0.39 is 17.5 Å². The largest absolute Gasteiger partial charge is 0.481 e. The second kappa shape index (κ2) is 9.88. The number of thiazole rings is 1. The Morgan fingerprint density at radius 1 is 1.26 bits per heavy atom. The van der Waals surface area contributed by atoms with Crippen LogP contribution in [0.3, 0.4) is 0 Å². The molecule has 0 aliphatic carbocycles. The van der Waals surface area contributed by atoms with Gasteiger partial charge in [-0.2, -0.15) is 0 Å². The van der Waals surface area contributed by atoms with E-state index in [2.05, 4.69) is 29.2 Å². The van der Waals surface area contributed by atoms with Gasteiger partial charge in [0.25, 0.3) is 5.56 Å². The zero-order chi connectivity index (χ0) is 22.5. The van der Waals surface area contributed by atoms with Crippen LogP contribution in [0.15, 0.2) is 39.6 Å². The number of nitrogens with zero attached hydrogens (tertiary/aromatic N) is 3. The van der Waals surface area contributed by atoms with Gasteiger partial charge < -0.3 is 10.2 Å². The number of fused-ring (bicyclic) bond motifs is 1. The molecule has 0 aliphatic heterocycles. The van der Waals surface area contributed by atoms with Crippen LogP contribution in [0.2, 0.25) is 0 Å². The summed E-state index contributed by atoms with van der Waals surface area (Å²) in [5.74, 6) is -2.18. The van der Waals surface area contributed by atoms with E-state index in [9.17, 15) is 14.4 Å². The molecular weight excluding hydrogens is 438 g/mol. The van der Waals surface area contributed by atoms with Crippen LogP contribution in [0.25, 0.3) is 11.7 Å². The first kappa shape index (κ1) is 22.7. The summed E-state index contributed by atoms with van der Waals surface area (Å²) in [6.45, 7) is 4.21. The summed E-state index contributed by atoms with van der Waals surface area (Å²) in [5, 5.41) is 21.2. The maximum atomic E-state index is 12.9. The van der Waals surface area contributed by atoms with Crippen LogP contribution in [0.5, 0.6) is 0 Å². The fraction of sp³-hybridized carbons (Fsp3) is 0.286. The zero-order valence-electron chi connectivity index (χ0n) is 16.9. The second-order valence-electron chi connectivity index (χ2n) is 7.07. The predicted molar refractivity (Wildman–Crippen MR) is 120 cm³/mol. The molecular formula is C21H21N3O5S2. The third-order valence-electron chi connectivity index (χ3n) is 4.41. The summed E-state index contributed by atoms with van der Waals surface area (Å²) in [7, 11) is 0. The fourth-order valence-corrected chi connectivity index (χ4v) is 4.51. The molecule has 162 valence electrons. The number of pyridine rings is 1. The predicted octanol–water partition coefficient (Wildman–Crippen LogP) is 3.33. The van der Waals surface area contributed by atoms with E-state index in [1.54, 1.807) is 23.6 Å². The maximum Gasteiger partial charge on any atom is 0.328 e. The molecule has 0 bridgehead atoms. The molecule has 8 nitrogen and oxygen atoms in total. The highest BCUT2D eigenvalue weighted by Crippen LogP contribution is 2.22. The van der Waals surface area contributed by atoms with Gasteiger partial charge in [-0.25, -0.2) is 14.8 Å². The quantitative estimate of drug-likeness (QED) is 0.284. The Hall–Kier alpha value is -2.98. The summed E-state index contributed by atoms with van der Waals surface area (Å²) in [6.07, 6.45) is 5.07. The Morgan fingerprint density at radius 2 is 2.03 bits per heavy atom. The van der Waals surface area contributed by atoms with Gasteiger partial charge in [-0.15, -0.1) is 11.3 Å². The van der Waals surface area contributed by atoms with E-state index in [0.717, 1.165) is 53.0 Å². The minimum atomic E-state index is -1.21. The lowest BCUT2D eigenvalue weighted by molar-refractivity contribution is -0.134. The van der Waals surface area contributed by atoms with Gasteiger partial charge in [0.15, 0.2) is 0 Å². The normalized spacial score (nSPS) is 11.6. The number of carboxylic acid groups (broad SMARTS) is 2. The van der Waals surface area contributed by atoms with E-state index in [1.165, 1.54) is 4.40 Å². The monoisotopic (exact) mass is 459 g/mol. The van der Waals surface area contributed by atoms with E-state index in [4.69, 9.17) is 10.2 Å². The molecule has 3 heterocycles. The standard InChI is InChI=1S/C21H21N3O5S2/c1-12(2)15-10-30-17(22-15)5-3-13-7-8-24-16(9-13)23-20(31-11-19(27)28)14(21(24)29)4-6-18(25)26/h4,6-10,12H,3,5,11H2,1-2H3,(H,25,26)(H,27,28). The fourth-order valence-electron chi connectivity index (χ4n) is 2.82. The number of aromatic nitrogens is 3. The summed E-state index contributed by atoms with van der Waals surface area (Å²) in [4.78, 5) is 43.8. The molecule has 0 spiro atoms. The number of aryl methyl sites for hydroxylation is 2. The molecule has 3 aromatic heterocycles. The summed E-state index contributed by atoms with van der Waals surface area (Å²) in [6, 6.07) is 3.61. The van der Waals surface area contributed by atoms with Gasteiger partial charge in [0.05, 0.1) is 22.0 Å². The molecule has 3 aromatic rings. The molecule has 0 aliphatic rings. The molecule has 0 fully saturated rings. The summed E-state index contributed by atoms with van der Waals surface area (Å²) >= 11 is 2.51. The van der Waals surface area contributed by atoms with Crippen LogP contribution >= 0.6 is 23.1 Å². The van der Waals surface area contributed by atoms with Gasteiger partial charge in [-0.05, 0) is 36.1 Å². The van der Waals surface area contributed by atoms with Crippen molar-refractivity contribution in [2.75, 3.05) is 5.75 Å². The molecule has 0 radical (unpaired) electrons. The van der Waals surface area contributed by atoms with Gasteiger partial charge >= 0.3 is 11.9 Å². The van der Waals surface area contributed by atoms with Crippen molar-refractivity contribution >= 4 is 46.8 Å². The van der Waals surface area contributed by atoms with Gasteiger partial charge in [-0.3, -0.25) is 14.0 Å². The molecule has 0 unspecified atom stereocenters. The third-order valence-corrected chi connectivity index (χ3v) is 6.31. The van der Waals surface area contributed by atoms with Crippen molar-refractivity contribution in [3.05, 3.63) is 62.0 Å². The van der Waals surface area contributed by atoms with E-state index in [1.807, 2.05) is 6.07 Å². The molecule has 3 rings (SSSR count). The molecule has 0 aromatic carbocycles. The Kier molecular flexibility index (Phi) is 7.24. The van der Waals surface area contributed by atoms with Gasteiger partial charge in [0.1, 0.15) is 10.7 Å². The molecule has 2 N–H and O–H groups in total. The highest BCUT2D eigenvalue weighted by molar-refractivity contribution is 7.99. The van der Waals surface area contributed by atoms with Crippen molar-refractivity contribution in [1.29, 1.82) is 0 Å². The highest BCUT2D eigenvalue weighted by atomic mass is 32.2. The highest BCUT2D eigenvalue weighted by Gasteiger charge is 2.14. The SMILES string of the molecule is CC(C)c1csc(CCc2ccn3c(=O)c(C=CC(=O)O)c(SCC(=O)O)nc3c2)n1. The third kappa shape index (κ3) is 5.80. The van der Waals surface area contributed by atoms with Crippen LogP contribution < -0.4 is 5.56 Å². The molecule has 10 heteroatoms. The first-order chi connectivity index (χ1) is 14.7. The number of carboxylic acids is 2. The molecule has 0 saturated carbocycles. The Morgan fingerprint density at radius 3 is 2.68 bits per heavy atom. The minimum Gasteiger partial charge on any atom is -0.481 e. The minimum absolute atomic E-state index is 0.0444. The van der Waals surface area contributed by atoms with Crippen molar-refractivity contribution < 1.29 is 19.8 Å². The topological polar surface area (TPSA) is 122 Å². The van der Waals surface area contributed by atoms with Crippen LogP contribution in [0, 0.1) is 0 Å². The number of rotatable bonds is 9. The van der Waals surface area contributed by atoms with Crippen molar-refractivity contribution in [3.63, 3.8) is 0 Å². The zero-order valence-corrected chi connectivity index (χ0v) is 18.6. The molecule has 0 amide bonds. The summed E-state index contributed by atoms with van der Waals surface area (Å²) in [5.41, 5.74) is 2.01. The molecule has 0 saturated heterocycles. The van der Waals surface area contributed by atoms with Crippen molar-refractivity contribution in [2.24, 2.45) is 0 Å². The Bertz CT molecular complexity index is 1210. The Labute approximate surface area is 186 Å². The van der Waals surface area contributed by atoms with Crippen LogP contribution in [-0.2, 0) is 22.4 Å². The molecule has 31 heavy (non-hydrogen) atoms. The van der Waals surface area contributed by atoms with Gasteiger partial charge in [-0.1, -0.05) is 25.6 Å². The van der Waals surface area contributed by atoms with Gasteiger partial charge in [0.2, 0.25) is 0 Å². The second-order valence-corrected chi connectivity index (χ2v) is 8.98. The lowest BCUT2D eigenvalue weighted by Crippen LogP contribution is -2.19. The van der Waals surface area contributed by atoms with E-state index in [0.29, 0.717) is 11.6 Å². The van der Waals surface area contributed by atoms with Crippen LogP contribution in [0.4, 0.5) is 0 Å². The van der Waals surface area contributed by atoms with Crippen LogP contribution in [0.1, 0.15) is 41.6 Å². The maximum absolute atomic E-state index is 12.9. The first-order valence-electron chi connectivity index (χ1n) is 9.49. The smallest absolute Gasteiger partial charge is 0.328 e. The number of carbonyl (C=O) groups is 2. The first-order valence-corrected chi connectivity index (χ1v) is 11.4. The van der Waals surface area contributed by atoms with Gasteiger partial charge in [0, 0.05) is 24.1 Å². The number of hydrogen-bond donors (Lipinski definition) is 2. The molecule has 0 atom stereocenters. The average molecular weight is 460 g/mol.